The third-order valence-electron chi connectivity index (χ3n) is 4.59. The van der Waals surface area contributed by atoms with Crippen LogP contribution < -0.4 is 0 Å². The van der Waals surface area contributed by atoms with Gasteiger partial charge in [0.1, 0.15) is 6.10 Å². The molecule has 27 heavy (non-hydrogen) atoms. The van der Waals surface area contributed by atoms with Crippen molar-refractivity contribution in [3.05, 3.63) is 71.8 Å². The summed E-state index contributed by atoms with van der Waals surface area (Å²) in [6.07, 6.45) is -6.70. The van der Waals surface area contributed by atoms with E-state index in [1.807, 2.05) is 0 Å². The van der Waals surface area contributed by atoms with Crippen molar-refractivity contribution in [2.24, 2.45) is 0 Å². The summed E-state index contributed by atoms with van der Waals surface area (Å²) in [5.41, 5.74) is -3.01. The molecule has 0 amide bonds. The highest BCUT2D eigenvalue weighted by atomic mass is 19.4. The van der Waals surface area contributed by atoms with E-state index in [1.165, 1.54) is 24.3 Å². The van der Waals surface area contributed by atoms with Crippen LogP contribution in [0.15, 0.2) is 60.7 Å². The highest BCUT2D eigenvalue weighted by Crippen LogP contribution is 2.45. The number of methoxy groups -OCH3 is 1. The fraction of sp³-hybridized carbons (Fsp3) is 0.350. The largest absolute Gasteiger partial charge is 0.452 e. The van der Waals surface area contributed by atoms with Crippen LogP contribution in [-0.4, -0.2) is 31.5 Å². The summed E-state index contributed by atoms with van der Waals surface area (Å²) in [6, 6.07) is 15.3. The number of carbonyl (C=O) groups excluding carboxylic acids is 1. The second kappa shape index (κ2) is 7.32. The third kappa shape index (κ3) is 3.57. The number of hydrogen-bond acceptors (Lipinski definition) is 4. The van der Waals surface area contributed by atoms with Gasteiger partial charge in [-0.3, -0.25) is 0 Å². The molecule has 0 radical (unpaired) electrons. The first-order valence-corrected chi connectivity index (χ1v) is 8.40. The van der Waals surface area contributed by atoms with Gasteiger partial charge < -0.3 is 14.2 Å². The van der Waals surface area contributed by atoms with Gasteiger partial charge in [-0.15, -0.1) is 0 Å². The summed E-state index contributed by atoms with van der Waals surface area (Å²) < 4.78 is 57.5. The first-order chi connectivity index (χ1) is 12.8. The maximum Gasteiger partial charge on any atom is 0.432 e. The Morgan fingerprint density at radius 2 is 1.56 bits per heavy atom. The highest BCUT2D eigenvalue weighted by Gasteiger charge is 2.65. The molecular weight excluding hydrogens is 361 g/mol. The van der Waals surface area contributed by atoms with Gasteiger partial charge >= 0.3 is 12.1 Å². The molecule has 1 saturated heterocycles. The molecule has 0 aliphatic carbocycles. The Bertz CT molecular complexity index is 779. The van der Waals surface area contributed by atoms with Crippen molar-refractivity contribution in [3.8, 4) is 0 Å². The predicted octanol–water partition coefficient (Wildman–Crippen LogP) is 4.16. The Balaban J connectivity index is 1.99. The fourth-order valence-electron chi connectivity index (χ4n) is 3.07. The van der Waals surface area contributed by atoms with E-state index in [4.69, 9.17) is 14.2 Å². The molecule has 1 aliphatic heterocycles. The van der Waals surface area contributed by atoms with Crippen molar-refractivity contribution in [1.29, 1.82) is 0 Å². The van der Waals surface area contributed by atoms with E-state index in [-0.39, 0.29) is 11.7 Å². The van der Waals surface area contributed by atoms with Gasteiger partial charge in [0, 0.05) is 12.7 Å². The molecule has 0 aromatic heterocycles. The van der Waals surface area contributed by atoms with Crippen LogP contribution >= 0.6 is 0 Å². The molecule has 1 fully saturated rings. The van der Waals surface area contributed by atoms with Crippen LogP contribution in [0.2, 0.25) is 0 Å². The zero-order valence-corrected chi connectivity index (χ0v) is 14.8. The standard InChI is InChI=1S/C20H19F3O4/c1-13-16(26-13)17(14-9-5-3-6-10-14)27-18(24)19(25-2,20(21,22)23)15-11-7-4-8-12-15/h3-13,16-17H,1-2H3/t13-,16+,17+,19+/m0/s1. The Labute approximate surface area is 154 Å². The van der Waals surface area contributed by atoms with Gasteiger partial charge in [-0.1, -0.05) is 60.7 Å². The SMILES string of the molecule is CO[C@@](C(=O)O[C@H](c1ccccc1)[C@@H]1O[C@H]1C)(c1ccccc1)C(F)(F)F. The summed E-state index contributed by atoms with van der Waals surface area (Å²) in [6.45, 7) is 1.76. The van der Waals surface area contributed by atoms with Gasteiger partial charge in [-0.25, -0.2) is 4.79 Å². The molecule has 3 rings (SSSR count). The van der Waals surface area contributed by atoms with Crippen LogP contribution in [-0.2, 0) is 24.6 Å². The summed E-state index contributed by atoms with van der Waals surface area (Å²) in [4.78, 5) is 12.8. The van der Waals surface area contributed by atoms with Crippen LogP contribution in [0.1, 0.15) is 24.2 Å². The minimum atomic E-state index is -5.02. The number of rotatable bonds is 6. The molecule has 1 aliphatic rings. The normalized spacial score (nSPS) is 22.6. The third-order valence-corrected chi connectivity index (χ3v) is 4.59. The Morgan fingerprint density at radius 3 is 2.00 bits per heavy atom. The maximum absolute atomic E-state index is 14.0. The van der Waals surface area contributed by atoms with Gasteiger partial charge in [0.2, 0.25) is 0 Å². The maximum atomic E-state index is 14.0. The molecule has 144 valence electrons. The number of halogens is 3. The van der Waals surface area contributed by atoms with E-state index < -0.39 is 30.0 Å². The highest BCUT2D eigenvalue weighted by molar-refractivity contribution is 5.83. The van der Waals surface area contributed by atoms with E-state index in [2.05, 4.69) is 0 Å². The van der Waals surface area contributed by atoms with Crippen molar-refractivity contribution in [2.75, 3.05) is 7.11 Å². The lowest BCUT2D eigenvalue weighted by molar-refractivity contribution is -0.278. The van der Waals surface area contributed by atoms with Gasteiger partial charge in [-0.2, -0.15) is 13.2 Å². The van der Waals surface area contributed by atoms with Crippen molar-refractivity contribution in [3.63, 3.8) is 0 Å². The molecule has 0 spiro atoms. The Hall–Kier alpha value is -2.38. The molecule has 1 heterocycles. The van der Waals surface area contributed by atoms with E-state index >= 15 is 0 Å². The molecule has 2 aromatic rings. The smallest absolute Gasteiger partial charge is 0.432 e. The van der Waals surface area contributed by atoms with Crippen molar-refractivity contribution >= 4 is 5.97 Å². The van der Waals surface area contributed by atoms with Crippen molar-refractivity contribution in [2.45, 2.75) is 37.0 Å². The van der Waals surface area contributed by atoms with Gasteiger partial charge in [-0.05, 0) is 12.5 Å². The lowest BCUT2D eigenvalue weighted by Crippen LogP contribution is -2.52. The summed E-state index contributed by atoms with van der Waals surface area (Å²) >= 11 is 0. The molecule has 0 N–H and O–H groups in total. The number of alkyl halides is 3. The number of ether oxygens (including phenoxy) is 3. The molecule has 0 unspecified atom stereocenters. The topological polar surface area (TPSA) is 48.1 Å². The number of esters is 1. The quantitative estimate of drug-likeness (QED) is 0.558. The lowest BCUT2D eigenvalue weighted by Gasteiger charge is -2.33. The number of epoxide rings is 1. The molecule has 4 nitrogen and oxygen atoms in total. The van der Waals surface area contributed by atoms with E-state index in [0.29, 0.717) is 5.56 Å². The first-order valence-electron chi connectivity index (χ1n) is 8.40. The average molecular weight is 380 g/mol. The molecule has 2 aromatic carbocycles. The predicted molar refractivity (Wildman–Crippen MR) is 90.8 cm³/mol. The van der Waals surface area contributed by atoms with Crippen LogP contribution in [0.3, 0.4) is 0 Å². The van der Waals surface area contributed by atoms with Crippen LogP contribution in [0.4, 0.5) is 13.2 Å². The number of carbonyl (C=O) groups is 1. The van der Waals surface area contributed by atoms with Crippen LogP contribution in [0, 0.1) is 0 Å². The molecular formula is C20H19F3O4. The molecule has 0 saturated carbocycles. The zero-order valence-electron chi connectivity index (χ0n) is 14.8. The van der Waals surface area contributed by atoms with Crippen LogP contribution in [0.25, 0.3) is 0 Å². The molecule has 4 atom stereocenters. The van der Waals surface area contributed by atoms with E-state index in [0.717, 1.165) is 7.11 Å². The minimum absolute atomic E-state index is 0.220. The summed E-state index contributed by atoms with van der Waals surface area (Å²) in [5.74, 6) is -1.53. The van der Waals surface area contributed by atoms with Gasteiger partial charge in [0.05, 0.1) is 6.10 Å². The van der Waals surface area contributed by atoms with Crippen molar-refractivity contribution < 1.29 is 32.2 Å². The first kappa shape index (κ1) is 19.4. The van der Waals surface area contributed by atoms with Gasteiger partial charge in [0.15, 0.2) is 6.10 Å². The van der Waals surface area contributed by atoms with E-state index in [9.17, 15) is 18.0 Å². The molecule has 0 bridgehead atoms. The van der Waals surface area contributed by atoms with Crippen molar-refractivity contribution in [1.82, 2.24) is 0 Å². The van der Waals surface area contributed by atoms with Crippen LogP contribution in [0.5, 0.6) is 0 Å². The molecule has 7 heteroatoms. The fourth-order valence-corrected chi connectivity index (χ4v) is 3.07. The van der Waals surface area contributed by atoms with E-state index in [1.54, 1.807) is 43.3 Å². The summed E-state index contributed by atoms with van der Waals surface area (Å²) in [5, 5.41) is 0. The second-order valence-corrected chi connectivity index (χ2v) is 6.29. The minimum Gasteiger partial charge on any atom is -0.452 e. The lowest BCUT2D eigenvalue weighted by atomic mass is 9.92. The average Bonchev–Trinajstić information content (AvgIpc) is 3.37. The zero-order chi connectivity index (χ0) is 19.7. The summed E-state index contributed by atoms with van der Waals surface area (Å²) in [7, 11) is 0.843. The Morgan fingerprint density at radius 1 is 1.04 bits per heavy atom. The van der Waals surface area contributed by atoms with Gasteiger partial charge in [0.25, 0.3) is 5.60 Å². The Kier molecular flexibility index (Phi) is 5.26. The number of benzene rings is 2. The number of hydrogen-bond donors (Lipinski definition) is 0. The monoisotopic (exact) mass is 380 g/mol. The second-order valence-electron chi connectivity index (χ2n) is 6.29.